The van der Waals surface area contributed by atoms with Gasteiger partial charge in [-0.15, -0.1) is 0 Å². The average molecular weight is 996 g/mol. The van der Waals surface area contributed by atoms with Gasteiger partial charge in [0.2, 0.25) is 0 Å². The lowest BCUT2D eigenvalue weighted by molar-refractivity contribution is 0.215. The Kier molecular flexibility index (Phi) is 11.4. The van der Waals surface area contributed by atoms with Gasteiger partial charge in [0.25, 0.3) is 6.71 Å². The van der Waals surface area contributed by atoms with Crippen molar-refractivity contribution < 1.29 is 0 Å². The summed E-state index contributed by atoms with van der Waals surface area (Å²) in [6.45, 7) is 32.9. The largest absolute Gasteiger partial charge is 0.334 e. The molecule has 0 saturated heterocycles. The normalized spacial score (nSPS) is 19.0. The van der Waals surface area contributed by atoms with Crippen molar-refractivity contribution in [1.82, 2.24) is 0 Å². The second-order valence-electron chi connectivity index (χ2n) is 27.3. The van der Waals surface area contributed by atoms with E-state index in [1.807, 2.05) is 0 Å². The van der Waals surface area contributed by atoms with E-state index in [0.29, 0.717) is 0 Å². The van der Waals surface area contributed by atoms with Gasteiger partial charge in [-0.25, -0.2) is 0 Å². The van der Waals surface area contributed by atoms with Crippen molar-refractivity contribution in [3.8, 4) is 11.1 Å². The zero-order valence-corrected chi connectivity index (χ0v) is 47.9. The lowest BCUT2D eigenvalue weighted by atomic mass is 9.33. The number of fused-ring (bicyclic) bond motifs is 7. The van der Waals surface area contributed by atoms with E-state index in [-0.39, 0.29) is 39.3 Å². The quantitative estimate of drug-likeness (QED) is 0.159. The number of aryl methyl sites for hydroxylation is 1. The Balaban J connectivity index is 1.13. The second kappa shape index (κ2) is 17.4. The molecule has 2 atom stereocenters. The second-order valence-corrected chi connectivity index (χ2v) is 27.3. The molecule has 8 aromatic carbocycles. The Morgan fingerprint density at radius 2 is 0.961 bits per heavy atom. The van der Waals surface area contributed by atoms with Gasteiger partial charge in [0.05, 0.1) is 11.2 Å². The number of hydrogen-bond donors (Lipinski definition) is 0. The highest BCUT2D eigenvalue weighted by molar-refractivity contribution is 7.00. The van der Waals surface area contributed by atoms with Crippen molar-refractivity contribution in [3.63, 3.8) is 0 Å². The van der Waals surface area contributed by atoms with Crippen LogP contribution in [0.25, 0.3) is 11.1 Å². The first-order valence-corrected chi connectivity index (χ1v) is 28.3. The number of benzene rings is 8. The van der Waals surface area contributed by atoms with Crippen LogP contribution in [0.5, 0.6) is 0 Å². The van der Waals surface area contributed by atoms with Crippen molar-refractivity contribution in [3.05, 3.63) is 209 Å². The van der Waals surface area contributed by atoms with Gasteiger partial charge >= 0.3 is 0 Å². The van der Waals surface area contributed by atoms with Gasteiger partial charge < -0.3 is 14.7 Å². The first-order valence-electron chi connectivity index (χ1n) is 28.3. The Morgan fingerprint density at radius 3 is 1.61 bits per heavy atom. The van der Waals surface area contributed by atoms with Crippen LogP contribution in [0.2, 0.25) is 0 Å². The first kappa shape index (κ1) is 50.1. The van der Waals surface area contributed by atoms with E-state index in [9.17, 15) is 0 Å². The minimum Gasteiger partial charge on any atom is -0.334 e. The summed E-state index contributed by atoms with van der Waals surface area (Å²) < 4.78 is 0. The Labute approximate surface area is 456 Å². The topological polar surface area (TPSA) is 9.72 Å². The Bertz CT molecular complexity index is 3560. The molecule has 0 spiro atoms. The summed E-state index contributed by atoms with van der Waals surface area (Å²) in [5.41, 5.74) is 25.6. The molecule has 1 aliphatic carbocycles. The van der Waals surface area contributed by atoms with Crippen molar-refractivity contribution in [2.75, 3.05) is 14.7 Å². The molecule has 3 heterocycles. The first-order chi connectivity index (χ1) is 36.0. The van der Waals surface area contributed by atoms with Crippen molar-refractivity contribution in [2.24, 2.45) is 0 Å². The molecule has 1 fully saturated rings. The zero-order chi connectivity index (χ0) is 53.5. The summed E-state index contributed by atoms with van der Waals surface area (Å²) in [6, 6.07) is 67.0. The summed E-state index contributed by atoms with van der Waals surface area (Å²) in [4.78, 5) is 8.05. The summed E-state index contributed by atoms with van der Waals surface area (Å²) in [7, 11) is 0. The molecule has 2 unspecified atom stereocenters. The fourth-order valence-electron chi connectivity index (χ4n) is 14.1. The molecule has 4 aliphatic rings. The lowest BCUT2D eigenvalue weighted by Gasteiger charge is -2.52. The van der Waals surface area contributed by atoms with Crippen LogP contribution < -0.4 is 31.1 Å². The Morgan fingerprint density at radius 1 is 0.421 bits per heavy atom. The molecule has 0 amide bonds. The fraction of sp³-hybridized carbons (Fsp3) is 0.333. The summed E-state index contributed by atoms with van der Waals surface area (Å²) in [6.07, 6.45) is 4.63. The van der Waals surface area contributed by atoms with E-state index in [1.54, 1.807) is 0 Å². The van der Waals surface area contributed by atoms with E-state index >= 15 is 0 Å². The minimum atomic E-state index is -0.208. The van der Waals surface area contributed by atoms with Crippen LogP contribution in [0.15, 0.2) is 170 Å². The zero-order valence-electron chi connectivity index (χ0n) is 47.9. The van der Waals surface area contributed by atoms with E-state index in [1.165, 1.54) is 125 Å². The summed E-state index contributed by atoms with van der Waals surface area (Å²) in [5, 5.41) is 0. The molecule has 8 aromatic rings. The van der Waals surface area contributed by atoms with Crippen molar-refractivity contribution in [1.29, 1.82) is 0 Å². The van der Waals surface area contributed by atoms with Gasteiger partial charge in [-0.1, -0.05) is 205 Å². The molecule has 0 aromatic heterocycles. The number of rotatable bonds is 5. The Hall–Kier alpha value is -6.78. The highest BCUT2D eigenvalue weighted by atomic mass is 15.3. The average Bonchev–Trinajstić information content (AvgIpc) is 3.69. The number of hydrogen-bond acceptors (Lipinski definition) is 3. The highest BCUT2D eigenvalue weighted by Crippen LogP contribution is 2.64. The lowest BCUT2D eigenvalue weighted by Crippen LogP contribution is -2.61. The molecular formula is C72H78BN3. The third-order valence-corrected chi connectivity index (χ3v) is 18.2. The van der Waals surface area contributed by atoms with Crippen LogP contribution in [0.4, 0.5) is 45.5 Å². The number of para-hydroxylation sites is 1. The van der Waals surface area contributed by atoms with Crippen LogP contribution >= 0.6 is 0 Å². The minimum absolute atomic E-state index is 0.0149. The molecule has 3 nitrogen and oxygen atoms in total. The molecule has 3 aliphatic heterocycles. The SMILES string of the molecule is Cc1cc2c3c(c1)N(c1ccc(C(C)(C)C)cc1-c1ccccc1)c1ccc(C(C)(C)C)cc1B3c1ccc(N3c4ccccc4C4(c5ccc(C(C)(C)C)cc5)CCCCC34C)cc1N2c1ccc(C(C)(C)C)cc1. The molecule has 1 saturated carbocycles. The van der Waals surface area contributed by atoms with Crippen LogP contribution in [0, 0.1) is 6.92 Å². The summed E-state index contributed by atoms with van der Waals surface area (Å²) in [5.74, 6) is 0. The predicted octanol–water partition coefficient (Wildman–Crippen LogP) is 17.7. The molecule has 384 valence electrons. The maximum absolute atomic E-state index is 2.79. The van der Waals surface area contributed by atoms with E-state index in [2.05, 4.69) is 281 Å². The van der Waals surface area contributed by atoms with Crippen LogP contribution in [-0.2, 0) is 27.1 Å². The van der Waals surface area contributed by atoms with Gasteiger partial charge in [0.1, 0.15) is 0 Å². The summed E-state index contributed by atoms with van der Waals surface area (Å²) >= 11 is 0. The molecule has 0 bridgehead atoms. The van der Waals surface area contributed by atoms with Gasteiger partial charge in [-0.05, 0) is 170 Å². The molecule has 0 N–H and O–H groups in total. The number of anilines is 8. The maximum Gasteiger partial charge on any atom is 0.252 e. The highest BCUT2D eigenvalue weighted by Gasteiger charge is 2.61. The van der Waals surface area contributed by atoms with Crippen molar-refractivity contribution in [2.45, 2.75) is 155 Å². The van der Waals surface area contributed by atoms with E-state index < -0.39 is 0 Å². The third-order valence-electron chi connectivity index (χ3n) is 18.2. The van der Waals surface area contributed by atoms with Gasteiger partial charge in [0, 0.05) is 50.8 Å². The van der Waals surface area contributed by atoms with Crippen LogP contribution in [0.1, 0.15) is 155 Å². The molecule has 12 rings (SSSR count). The van der Waals surface area contributed by atoms with Crippen molar-refractivity contribution >= 4 is 68.6 Å². The predicted molar refractivity (Wildman–Crippen MR) is 328 cm³/mol. The van der Waals surface area contributed by atoms with Gasteiger partial charge in [-0.3, -0.25) is 0 Å². The van der Waals surface area contributed by atoms with E-state index in [0.717, 1.165) is 12.8 Å². The van der Waals surface area contributed by atoms with E-state index in [4.69, 9.17) is 0 Å². The van der Waals surface area contributed by atoms with Crippen LogP contribution in [-0.4, -0.2) is 12.3 Å². The fourth-order valence-corrected chi connectivity index (χ4v) is 14.1. The van der Waals surface area contributed by atoms with Crippen LogP contribution in [0.3, 0.4) is 0 Å². The molecule has 4 heteroatoms. The van der Waals surface area contributed by atoms with Gasteiger partial charge in [-0.2, -0.15) is 0 Å². The smallest absolute Gasteiger partial charge is 0.252 e. The molecular weight excluding hydrogens is 918 g/mol. The maximum atomic E-state index is 2.79. The number of nitrogens with zero attached hydrogens (tertiary/aromatic N) is 3. The molecule has 0 radical (unpaired) electrons. The third kappa shape index (κ3) is 7.74. The monoisotopic (exact) mass is 996 g/mol. The van der Waals surface area contributed by atoms with Gasteiger partial charge in [0.15, 0.2) is 0 Å². The standard InChI is InChI=1S/C72H78BN3/c1-47-42-64-66-65(43-47)75(60-38-32-52(69(8,9)10)44-56(60)48-22-16-15-17-23-48)62-39-33-53(70(11,12)13)45-59(62)73(66)58-37-36-55(46-63(58)74(64)54-34-30-50(31-35-54)68(5,6)7)76-61-25-19-18-24-57(61)72(41-21-20-40-71(72,76)14)51-28-26-49(27-29-51)67(2,3)4/h15-19,22-39,42-46H,20-21,40-41H2,1-14H3. The molecule has 76 heavy (non-hydrogen) atoms.